The molecule has 0 saturated carbocycles. The molecule has 0 aliphatic carbocycles. The zero-order chi connectivity index (χ0) is 18.3. The van der Waals surface area contributed by atoms with Gasteiger partial charge in [0.1, 0.15) is 5.82 Å². The minimum atomic E-state index is -0.491. The number of rotatable bonds is 1. The quantitative estimate of drug-likeness (QED) is 0.613. The van der Waals surface area contributed by atoms with Crippen LogP contribution in [0.2, 0.25) is 0 Å². The van der Waals surface area contributed by atoms with Crippen LogP contribution in [0.25, 0.3) is 21.8 Å². The number of nitrogens with one attached hydrogen (secondary N) is 2. The van der Waals surface area contributed by atoms with Crippen molar-refractivity contribution in [1.82, 2.24) is 15.3 Å². The summed E-state index contributed by atoms with van der Waals surface area (Å²) in [6.07, 6.45) is 3.39. The molecule has 7 nitrogen and oxygen atoms in total. The molecule has 2 bridgehead atoms. The number of aromatic nitrogens is 2. The van der Waals surface area contributed by atoms with Crippen molar-refractivity contribution in [2.24, 2.45) is 11.1 Å². The third-order valence-electron chi connectivity index (χ3n) is 6.72. The molecule has 5 heterocycles. The molecular formula is C20H19N5O2. The van der Waals surface area contributed by atoms with Gasteiger partial charge in [-0.05, 0) is 24.5 Å². The smallest absolute Gasteiger partial charge is 0.252 e. The van der Waals surface area contributed by atoms with Crippen molar-refractivity contribution in [2.45, 2.75) is 18.8 Å². The number of benzene rings is 1. The standard InChI is InChI=1S/C20H19N5O2/c21-17(26)11-7-22-18-15-14-10(3-1-4-13(14)24-16(11)15)12-8-23-19(27)20(12)5-2-6-25(18)9-20/h1,3-4,7,12,24H,2,5-6,8-9H2,(H2,21,26)(H,23,27)/t12-,20-/m0/s1. The number of nitrogens with zero attached hydrogens (tertiary/aromatic N) is 2. The lowest BCUT2D eigenvalue weighted by molar-refractivity contribution is -0.128. The summed E-state index contributed by atoms with van der Waals surface area (Å²) in [7, 11) is 0. The van der Waals surface area contributed by atoms with Crippen LogP contribution in [0.3, 0.4) is 0 Å². The molecule has 1 spiro atoms. The number of pyridine rings is 1. The van der Waals surface area contributed by atoms with Crippen LogP contribution in [0.15, 0.2) is 24.4 Å². The van der Waals surface area contributed by atoms with Gasteiger partial charge in [-0.2, -0.15) is 0 Å². The van der Waals surface area contributed by atoms with Crippen LogP contribution in [0.1, 0.15) is 34.7 Å². The Hall–Kier alpha value is -3.09. The molecule has 136 valence electrons. The zero-order valence-corrected chi connectivity index (χ0v) is 14.7. The molecule has 6 rings (SSSR count). The van der Waals surface area contributed by atoms with Gasteiger partial charge in [-0.1, -0.05) is 12.1 Å². The minimum absolute atomic E-state index is 0.112. The molecule has 1 aromatic carbocycles. The van der Waals surface area contributed by atoms with Gasteiger partial charge >= 0.3 is 0 Å². The lowest BCUT2D eigenvalue weighted by Crippen LogP contribution is -2.50. The summed E-state index contributed by atoms with van der Waals surface area (Å²) in [5, 5.41) is 5.13. The molecule has 2 aromatic heterocycles. The Balaban J connectivity index is 1.81. The number of anilines is 1. The number of hydrogen-bond donors (Lipinski definition) is 3. The van der Waals surface area contributed by atoms with Crippen molar-refractivity contribution >= 4 is 39.4 Å². The van der Waals surface area contributed by atoms with Crippen LogP contribution in [-0.4, -0.2) is 41.4 Å². The highest BCUT2D eigenvalue weighted by atomic mass is 16.2. The molecule has 0 unspecified atom stereocenters. The van der Waals surface area contributed by atoms with Crippen LogP contribution < -0.4 is 16.0 Å². The second-order valence-electron chi connectivity index (χ2n) is 7.95. The first kappa shape index (κ1) is 15.0. The van der Waals surface area contributed by atoms with Gasteiger partial charge < -0.3 is 20.9 Å². The Morgan fingerprint density at radius 2 is 2.22 bits per heavy atom. The van der Waals surface area contributed by atoms with Crippen molar-refractivity contribution in [3.8, 4) is 0 Å². The Morgan fingerprint density at radius 1 is 1.33 bits per heavy atom. The first-order chi connectivity index (χ1) is 13.1. The summed E-state index contributed by atoms with van der Waals surface area (Å²) in [4.78, 5) is 35.2. The number of primary amides is 1. The number of fused-ring (bicyclic) bond motifs is 3. The lowest BCUT2D eigenvalue weighted by Gasteiger charge is -2.44. The molecular weight excluding hydrogens is 342 g/mol. The first-order valence-corrected chi connectivity index (χ1v) is 9.36. The van der Waals surface area contributed by atoms with Crippen molar-refractivity contribution < 1.29 is 9.59 Å². The summed E-state index contributed by atoms with van der Waals surface area (Å²) in [5.74, 6) is 0.611. The van der Waals surface area contributed by atoms with Crippen LogP contribution in [0, 0.1) is 5.41 Å². The third-order valence-corrected chi connectivity index (χ3v) is 6.72. The zero-order valence-electron chi connectivity index (χ0n) is 14.7. The van der Waals surface area contributed by atoms with E-state index in [1.54, 1.807) is 6.20 Å². The first-order valence-electron chi connectivity index (χ1n) is 9.36. The largest absolute Gasteiger partial charge is 0.365 e. The topological polar surface area (TPSA) is 104 Å². The fraction of sp³-hybridized carbons (Fsp3) is 0.350. The summed E-state index contributed by atoms with van der Waals surface area (Å²) >= 11 is 0. The minimum Gasteiger partial charge on any atom is -0.365 e. The number of carbonyl (C=O) groups excluding carboxylic acids is 2. The Bertz CT molecular complexity index is 1170. The van der Waals surface area contributed by atoms with Gasteiger partial charge in [-0.15, -0.1) is 0 Å². The Kier molecular flexibility index (Phi) is 2.66. The molecule has 4 N–H and O–H groups in total. The predicted octanol–water partition coefficient (Wildman–Crippen LogP) is 1.63. The van der Waals surface area contributed by atoms with E-state index < -0.39 is 11.3 Å². The monoisotopic (exact) mass is 361 g/mol. The molecule has 7 heteroatoms. The fourth-order valence-electron chi connectivity index (χ4n) is 5.54. The maximum atomic E-state index is 12.9. The van der Waals surface area contributed by atoms with Gasteiger partial charge in [-0.3, -0.25) is 9.59 Å². The van der Waals surface area contributed by atoms with E-state index >= 15 is 0 Å². The summed E-state index contributed by atoms with van der Waals surface area (Å²) in [6, 6.07) is 6.15. The van der Waals surface area contributed by atoms with Crippen molar-refractivity contribution in [2.75, 3.05) is 24.5 Å². The van der Waals surface area contributed by atoms with E-state index in [4.69, 9.17) is 5.73 Å². The van der Waals surface area contributed by atoms with E-state index in [0.717, 1.165) is 52.6 Å². The highest BCUT2D eigenvalue weighted by molar-refractivity contribution is 6.20. The average molecular weight is 361 g/mol. The molecule has 2 amide bonds. The number of amides is 2. The second kappa shape index (κ2) is 4.79. The molecule has 27 heavy (non-hydrogen) atoms. The van der Waals surface area contributed by atoms with Crippen LogP contribution in [0.5, 0.6) is 0 Å². The van der Waals surface area contributed by atoms with E-state index in [0.29, 0.717) is 18.7 Å². The lowest BCUT2D eigenvalue weighted by atomic mass is 9.67. The molecule has 3 aliphatic rings. The van der Waals surface area contributed by atoms with Crippen molar-refractivity contribution in [1.29, 1.82) is 0 Å². The summed E-state index contributed by atoms with van der Waals surface area (Å²) in [6.45, 7) is 2.16. The van der Waals surface area contributed by atoms with Crippen molar-refractivity contribution in [3.63, 3.8) is 0 Å². The molecule has 0 radical (unpaired) electrons. The third kappa shape index (κ3) is 1.69. The number of carbonyl (C=O) groups is 2. The highest BCUT2D eigenvalue weighted by Gasteiger charge is 2.54. The van der Waals surface area contributed by atoms with Crippen LogP contribution >= 0.6 is 0 Å². The normalized spacial score (nSPS) is 26.1. The maximum absolute atomic E-state index is 12.9. The van der Waals surface area contributed by atoms with Crippen molar-refractivity contribution in [3.05, 3.63) is 35.5 Å². The fourth-order valence-corrected chi connectivity index (χ4v) is 5.54. The van der Waals surface area contributed by atoms with Crippen LogP contribution in [0.4, 0.5) is 5.82 Å². The Morgan fingerprint density at radius 3 is 3.07 bits per heavy atom. The van der Waals surface area contributed by atoms with E-state index in [1.165, 1.54) is 0 Å². The molecule has 2 fully saturated rings. The summed E-state index contributed by atoms with van der Waals surface area (Å²) < 4.78 is 0. The molecule has 3 aliphatic heterocycles. The second-order valence-corrected chi connectivity index (χ2v) is 7.95. The number of hydrogen-bond acceptors (Lipinski definition) is 4. The van der Waals surface area contributed by atoms with Gasteiger partial charge in [0.05, 0.1) is 21.9 Å². The number of H-pyrrole nitrogens is 1. The predicted molar refractivity (Wildman–Crippen MR) is 102 cm³/mol. The summed E-state index contributed by atoms with van der Waals surface area (Å²) in [5.41, 5.74) is 8.45. The number of nitrogens with two attached hydrogens (primary N) is 1. The Labute approximate surface area is 154 Å². The average Bonchev–Trinajstić information content (AvgIpc) is 3.19. The maximum Gasteiger partial charge on any atom is 0.252 e. The number of aromatic amines is 1. The van der Waals surface area contributed by atoms with Gasteiger partial charge in [0, 0.05) is 42.7 Å². The highest BCUT2D eigenvalue weighted by Crippen LogP contribution is 2.52. The van der Waals surface area contributed by atoms with Gasteiger partial charge in [0.25, 0.3) is 5.91 Å². The van der Waals surface area contributed by atoms with E-state index in [9.17, 15) is 9.59 Å². The SMILES string of the molecule is NC(=O)c1cnc2c3c1[nH]c1cccc(c13)[C@@H]1CNC(=O)[C@]13CCCN2C3. The van der Waals surface area contributed by atoms with E-state index in [2.05, 4.69) is 26.3 Å². The molecule has 2 saturated heterocycles. The van der Waals surface area contributed by atoms with E-state index in [-0.39, 0.29) is 11.8 Å². The number of piperidine rings is 1. The van der Waals surface area contributed by atoms with Gasteiger partial charge in [0.15, 0.2) is 0 Å². The van der Waals surface area contributed by atoms with E-state index in [1.807, 2.05) is 12.1 Å². The molecule has 2 atom stereocenters. The van der Waals surface area contributed by atoms with Crippen LogP contribution in [-0.2, 0) is 4.79 Å². The molecule has 3 aromatic rings. The van der Waals surface area contributed by atoms with Gasteiger partial charge in [0.2, 0.25) is 5.91 Å². The van der Waals surface area contributed by atoms with Gasteiger partial charge in [-0.25, -0.2) is 4.98 Å².